The minimum absolute atomic E-state index is 0.117. The zero-order chi connectivity index (χ0) is 22.8. The van der Waals surface area contributed by atoms with Gasteiger partial charge in [-0.3, -0.25) is 14.5 Å². The smallest absolute Gasteiger partial charge is 0.265 e. The molecule has 1 aliphatic heterocycles. The Morgan fingerprint density at radius 1 is 1.28 bits per heavy atom. The second kappa shape index (κ2) is 9.00. The molecule has 1 aromatic heterocycles. The van der Waals surface area contributed by atoms with Gasteiger partial charge in [0.15, 0.2) is 6.61 Å². The molecule has 1 aliphatic rings. The van der Waals surface area contributed by atoms with Crippen LogP contribution in [-0.4, -0.2) is 36.1 Å². The topological polar surface area (TPSA) is 80.8 Å². The molecule has 166 valence electrons. The molecule has 0 fully saturated rings. The fourth-order valence-corrected chi connectivity index (χ4v) is 4.59. The van der Waals surface area contributed by atoms with E-state index in [9.17, 15) is 9.59 Å². The van der Waals surface area contributed by atoms with E-state index in [1.165, 1.54) is 4.90 Å². The minimum atomic E-state index is -0.756. The summed E-state index contributed by atoms with van der Waals surface area (Å²) in [6.45, 7) is 7.93. The number of amides is 2. The molecule has 8 heteroatoms. The number of anilines is 2. The van der Waals surface area contributed by atoms with Crippen molar-refractivity contribution in [1.29, 1.82) is 0 Å². The van der Waals surface area contributed by atoms with E-state index in [2.05, 4.69) is 10.3 Å². The highest BCUT2D eigenvalue weighted by molar-refractivity contribution is 7.11. The predicted octanol–water partition coefficient (Wildman–Crippen LogP) is 4.58. The normalized spacial score (nSPS) is 13.9. The van der Waals surface area contributed by atoms with Gasteiger partial charge in [-0.15, -0.1) is 11.3 Å². The van der Waals surface area contributed by atoms with E-state index in [0.29, 0.717) is 29.5 Å². The molecule has 32 heavy (non-hydrogen) atoms. The Morgan fingerprint density at radius 3 is 2.78 bits per heavy atom. The maximum atomic E-state index is 13.1. The van der Waals surface area contributed by atoms with E-state index >= 15 is 0 Å². The van der Waals surface area contributed by atoms with E-state index < -0.39 is 6.04 Å². The van der Waals surface area contributed by atoms with E-state index in [1.807, 2.05) is 51.1 Å². The summed E-state index contributed by atoms with van der Waals surface area (Å²) in [5.74, 6) is 0.555. The molecule has 0 aliphatic carbocycles. The summed E-state index contributed by atoms with van der Waals surface area (Å²) >= 11 is 1.62. The highest BCUT2D eigenvalue weighted by Gasteiger charge is 2.34. The zero-order valence-electron chi connectivity index (χ0n) is 18.5. The number of thiazole rings is 1. The summed E-state index contributed by atoms with van der Waals surface area (Å²) in [5.41, 5.74) is 2.87. The van der Waals surface area contributed by atoms with Crippen LogP contribution in [0, 0.1) is 13.8 Å². The lowest BCUT2D eigenvalue weighted by atomic mass is 10.1. The van der Waals surface area contributed by atoms with Gasteiger partial charge in [0.1, 0.15) is 17.5 Å². The first kappa shape index (κ1) is 21.8. The number of benzene rings is 2. The van der Waals surface area contributed by atoms with Gasteiger partial charge in [0.05, 0.1) is 28.7 Å². The zero-order valence-corrected chi connectivity index (χ0v) is 19.3. The van der Waals surface area contributed by atoms with Gasteiger partial charge >= 0.3 is 0 Å². The lowest BCUT2D eigenvalue weighted by Gasteiger charge is -2.33. The third-order valence-corrected chi connectivity index (χ3v) is 6.11. The Balaban J connectivity index is 1.65. The number of para-hydroxylation sites is 2. The summed E-state index contributed by atoms with van der Waals surface area (Å²) in [5, 5.41) is 3.87. The van der Waals surface area contributed by atoms with Crippen molar-refractivity contribution in [2.75, 3.05) is 23.4 Å². The number of ether oxygens (including phenoxy) is 2. The largest absolute Gasteiger partial charge is 0.492 e. The first-order valence-electron chi connectivity index (χ1n) is 10.4. The second-order valence-corrected chi connectivity index (χ2v) is 8.87. The fraction of sp³-hybridized carbons (Fsp3) is 0.292. The number of aryl methyl sites for hydroxylation is 2. The number of nitrogens with zero attached hydrogens (tertiary/aromatic N) is 2. The summed E-state index contributed by atoms with van der Waals surface area (Å²) < 4.78 is 11.2. The van der Waals surface area contributed by atoms with Crippen LogP contribution in [0.5, 0.6) is 11.5 Å². The van der Waals surface area contributed by atoms with Gasteiger partial charge in [-0.05, 0) is 58.0 Å². The van der Waals surface area contributed by atoms with E-state index in [1.54, 1.807) is 30.4 Å². The third kappa shape index (κ3) is 4.18. The summed E-state index contributed by atoms with van der Waals surface area (Å²) in [6.07, 6.45) is 0. The molecule has 4 rings (SSSR count). The second-order valence-electron chi connectivity index (χ2n) is 7.47. The molecule has 1 N–H and O–H groups in total. The molecule has 2 heterocycles. The minimum Gasteiger partial charge on any atom is -0.492 e. The molecule has 0 radical (unpaired) electrons. The lowest BCUT2D eigenvalue weighted by Crippen LogP contribution is -2.49. The summed E-state index contributed by atoms with van der Waals surface area (Å²) in [7, 11) is 0. The quantitative estimate of drug-likeness (QED) is 0.593. The predicted molar refractivity (Wildman–Crippen MR) is 126 cm³/mol. The number of carbonyl (C=O) groups excluding carboxylic acids is 2. The van der Waals surface area contributed by atoms with Crippen molar-refractivity contribution >= 4 is 34.5 Å². The first-order chi connectivity index (χ1) is 15.4. The van der Waals surface area contributed by atoms with Gasteiger partial charge in [-0.25, -0.2) is 4.98 Å². The van der Waals surface area contributed by atoms with Gasteiger partial charge in [0.2, 0.25) is 5.91 Å². The number of rotatable bonds is 6. The van der Waals surface area contributed by atoms with Crippen LogP contribution in [0.25, 0.3) is 11.3 Å². The highest BCUT2D eigenvalue weighted by Crippen LogP contribution is 2.38. The number of hydrogen-bond acceptors (Lipinski definition) is 6. The molecule has 0 saturated carbocycles. The van der Waals surface area contributed by atoms with Crippen molar-refractivity contribution in [3.05, 3.63) is 52.3 Å². The lowest BCUT2D eigenvalue weighted by molar-refractivity contribution is -0.125. The number of hydrogen-bond donors (Lipinski definition) is 1. The number of carbonyl (C=O) groups is 2. The number of nitrogens with one attached hydrogen (secondary N) is 1. The summed E-state index contributed by atoms with van der Waals surface area (Å²) in [6, 6.07) is 12.1. The number of aromatic nitrogens is 1. The average Bonchev–Trinajstić information content (AvgIpc) is 3.12. The van der Waals surface area contributed by atoms with E-state index in [-0.39, 0.29) is 18.4 Å². The van der Waals surface area contributed by atoms with Crippen LogP contribution in [0.2, 0.25) is 0 Å². The van der Waals surface area contributed by atoms with Crippen molar-refractivity contribution in [1.82, 2.24) is 4.98 Å². The molecule has 0 saturated heterocycles. The maximum Gasteiger partial charge on any atom is 0.265 e. The van der Waals surface area contributed by atoms with Crippen LogP contribution in [0.15, 0.2) is 42.5 Å². The monoisotopic (exact) mass is 451 g/mol. The highest BCUT2D eigenvalue weighted by atomic mass is 32.1. The van der Waals surface area contributed by atoms with E-state index in [0.717, 1.165) is 21.1 Å². The van der Waals surface area contributed by atoms with Crippen molar-refractivity contribution < 1.29 is 19.1 Å². The molecule has 2 aromatic carbocycles. The molecular weight excluding hydrogens is 426 g/mol. The van der Waals surface area contributed by atoms with Crippen LogP contribution in [0.4, 0.5) is 11.4 Å². The SMILES string of the molecule is CCOc1ccccc1NC(=O)C(C)N1C(=O)COc2ccc(-c3nc(C)sc3C)cc21. The van der Waals surface area contributed by atoms with Crippen LogP contribution in [0.1, 0.15) is 23.7 Å². The van der Waals surface area contributed by atoms with Gasteiger partial charge in [-0.2, -0.15) is 0 Å². The fourth-order valence-electron chi connectivity index (χ4n) is 3.75. The van der Waals surface area contributed by atoms with Crippen molar-refractivity contribution in [2.24, 2.45) is 0 Å². The molecule has 0 spiro atoms. The Morgan fingerprint density at radius 2 is 2.06 bits per heavy atom. The maximum absolute atomic E-state index is 13.1. The van der Waals surface area contributed by atoms with Crippen LogP contribution >= 0.6 is 11.3 Å². The molecule has 1 unspecified atom stereocenters. The van der Waals surface area contributed by atoms with Gasteiger partial charge in [0, 0.05) is 10.4 Å². The van der Waals surface area contributed by atoms with Crippen LogP contribution in [-0.2, 0) is 9.59 Å². The average molecular weight is 452 g/mol. The van der Waals surface area contributed by atoms with Crippen LogP contribution in [0.3, 0.4) is 0 Å². The van der Waals surface area contributed by atoms with Crippen LogP contribution < -0.4 is 19.7 Å². The van der Waals surface area contributed by atoms with Gasteiger partial charge in [-0.1, -0.05) is 12.1 Å². The van der Waals surface area contributed by atoms with E-state index in [4.69, 9.17) is 9.47 Å². The Hall–Kier alpha value is -3.39. The first-order valence-corrected chi connectivity index (χ1v) is 11.3. The Bertz CT molecular complexity index is 1170. The Labute approximate surface area is 191 Å². The summed E-state index contributed by atoms with van der Waals surface area (Å²) in [4.78, 5) is 33.2. The van der Waals surface area contributed by atoms with Gasteiger partial charge in [0.25, 0.3) is 5.91 Å². The third-order valence-electron chi connectivity index (χ3n) is 5.23. The number of fused-ring (bicyclic) bond motifs is 1. The van der Waals surface area contributed by atoms with Crippen molar-refractivity contribution in [3.8, 4) is 22.8 Å². The van der Waals surface area contributed by atoms with Gasteiger partial charge < -0.3 is 14.8 Å². The Kier molecular flexibility index (Phi) is 6.14. The molecule has 1 atom stereocenters. The van der Waals surface area contributed by atoms with Crippen molar-refractivity contribution in [2.45, 2.75) is 33.7 Å². The standard InChI is InChI=1S/C24H25N3O4S/c1-5-30-20-9-7-6-8-18(20)26-24(29)14(2)27-19-12-17(23-15(3)32-16(4)25-23)10-11-21(19)31-13-22(27)28/h6-12,14H,5,13H2,1-4H3,(H,26,29). The molecule has 7 nitrogen and oxygen atoms in total. The molecule has 0 bridgehead atoms. The van der Waals surface area contributed by atoms with Crippen molar-refractivity contribution in [3.63, 3.8) is 0 Å². The molecule has 3 aromatic rings. The molecule has 2 amide bonds. The molecular formula is C24H25N3O4S.